The SMILES string of the molecule is Cc1ccc(NCc2cccc(OCc3ccccc3C)c2)cc1. The molecule has 0 saturated carbocycles. The average Bonchev–Trinajstić information content (AvgIpc) is 2.61. The molecule has 0 radical (unpaired) electrons. The van der Waals surface area contributed by atoms with Gasteiger partial charge in [0.15, 0.2) is 0 Å². The van der Waals surface area contributed by atoms with Gasteiger partial charge in [-0.1, -0.05) is 54.1 Å². The van der Waals surface area contributed by atoms with Crippen molar-refractivity contribution < 1.29 is 4.74 Å². The third kappa shape index (κ3) is 4.39. The zero-order valence-corrected chi connectivity index (χ0v) is 14.3. The van der Waals surface area contributed by atoms with Crippen molar-refractivity contribution in [1.29, 1.82) is 0 Å². The van der Waals surface area contributed by atoms with Gasteiger partial charge in [0.2, 0.25) is 0 Å². The summed E-state index contributed by atoms with van der Waals surface area (Å²) in [4.78, 5) is 0. The van der Waals surface area contributed by atoms with Crippen molar-refractivity contribution in [2.75, 3.05) is 5.32 Å². The Morgan fingerprint density at radius 2 is 1.62 bits per heavy atom. The summed E-state index contributed by atoms with van der Waals surface area (Å²) in [7, 11) is 0. The minimum atomic E-state index is 0.599. The summed E-state index contributed by atoms with van der Waals surface area (Å²) in [5.74, 6) is 0.904. The molecule has 0 fully saturated rings. The van der Waals surface area contributed by atoms with Crippen molar-refractivity contribution in [3.63, 3.8) is 0 Å². The molecule has 1 N–H and O–H groups in total. The van der Waals surface area contributed by atoms with Gasteiger partial charge >= 0.3 is 0 Å². The van der Waals surface area contributed by atoms with Gasteiger partial charge < -0.3 is 10.1 Å². The lowest BCUT2D eigenvalue weighted by Gasteiger charge is -2.11. The Bertz CT molecular complexity index is 793. The van der Waals surface area contributed by atoms with E-state index < -0.39 is 0 Å². The molecular formula is C22H23NO. The Kier molecular flexibility index (Phi) is 5.17. The van der Waals surface area contributed by atoms with Crippen molar-refractivity contribution in [2.45, 2.75) is 27.0 Å². The molecule has 0 spiro atoms. The van der Waals surface area contributed by atoms with E-state index >= 15 is 0 Å². The maximum Gasteiger partial charge on any atom is 0.120 e. The summed E-state index contributed by atoms with van der Waals surface area (Å²) < 4.78 is 5.95. The van der Waals surface area contributed by atoms with Crippen LogP contribution in [0.15, 0.2) is 72.8 Å². The monoisotopic (exact) mass is 317 g/mol. The van der Waals surface area contributed by atoms with Crippen molar-refractivity contribution in [2.24, 2.45) is 0 Å². The first-order valence-electron chi connectivity index (χ1n) is 8.27. The van der Waals surface area contributed by atoms with Crippen LogP contribution < -0.4 is 10.1 Å². The van der Waals surface area contributed by atoms with E-state index in [1.807, 2.05) is 18.2 Å². The topological polar surface area (TPSA) is 21.3 Å². The normalized spacial score (nSPS) is 10.4. The molecule has 3 rings (SSSR count). The molecule has 0 atom stereocenters. The lowest BCUT2D eigenvalue weighted by atomic mass is 10.1. The standard InChI is InChI=1S/C22H23NO/c1-17-10-12-21(13-11-17)23-15-19-7-5-9-22(14-19)24-16-20-8-4-3-6-18(20)2/h3-14,23H,15-16H2,1-2H3. The minimum absolute atomic E-state index is 0.599. The van der Waals surface area contributed by atoms with Crippen LogP contribution in [0.25, 0.3) is 0 Å². The Labute approximate surface area is 144 Å². The van der Waals surface area contributed by atoms with Crippen molar-refractivity contribution in [3.8, 4) is 5.75 Å². The smallest absolute Gasteiger partial charge is 0.120 e. The van der Waals surface area contributed by atoms with Gasteiger partial charge in [0.05, 0.1) is 0 Å². The highest BCUT2D eigenvalue weighted by atomic mass is 16.5. The molecule has 3 aromatic carbocycles. The summed E-state index contributed by atoms with van der Waals surface area (Å²) >= 11 is 0. The van der Waals surface area contributed by atoms with Crippen LogP contribution in [0, 0.1) is 13.8 Å². The quantitative estimate of drug-likeness (QED) is 0.648. The summed E-state index contributed by atoms with van der Waals surface area (Å²) in [6.45, 7) is 5.59. The second-order valence-corrected chi connectivity index (χ2v) is 6.08. The molecule has 0 aromatic heterocycles. The number of hydrogen-bond acceptors (Lipinski definition) is 2. The van der Waals surface area contributed by atoms with Gasteiger partial charge in [-0.3, -0.25) is 0 Å². The number of aryl methyl sites for hydroxylation is 2. The Hall–Kier alpha value is -2.74. The average molecular weight is 317 g/mol. The molecule has 0 bridgehead atoms. The van der Waals surface area contributed by atoms with Crippen LogP contribution in [-0.4, -0.2) is 0 Å². The number of anilines is 1. The van der Waals surface area contributed by atoms with E-state index in [4.69, 9.17) is 4.74 Å². The van der Waals surface area contributed by atoms with E-state index in [1.54, 1.807) is 0 Å². The Balaban J connectivity index is 1.59. The second-order valence-electron chi connectivity index (χ2n) is 6.08. The predicted molar refractivity (Wildman–Crippen MR) is 100 cm³/mol. The van der Waals surface area contributed by atoms with Crippen LogP contribution in [0.4, 0.5) is 5.69 Å². The maximum atomic E-state index is 5.95. The van der Waals surface area contributed by atoms with Crippen LogP contribution in [0.5, 0.6) is 5.75 Å². The third-order valence-corrected chi connectivity index (χ3v) is 4.10. The zero-order chi connectivity index (χ0) is 16.8. The largest absolute Gasteiger partial charge is 0.489 e. The molecule has 0 heterocycles. The van der Waals surface area contributed by atoms with Crippen LogP contribution >= 0.6 is 0 Å². The fraction of sp³-hybridized carbons (Fsp3) is 0.182. The summed E-state index contributed by atoms with van der Waals surface area (Å²) in [5.41, 5.74) is 6.09. The summed E-state index contributed by atoms with van der Waals surface area (Å²) in [6.07, 6.45) is 0. The van der Waals surface area contributed by atoms with Crippen LogP contribution in [0.2, 0.25) is 0 Å². The highest BCUT2D eigenvalue weighted by molar-refractivity contribution is 5.45. The highest BCUT2D eigenvalue weighted by Crippen LogP contribution is 2.18. The van der Waals surface area contributed by atoms with E-state index in [0.717, 1.165) is 18.0 Å². The second kappa shape index (κ2) is 7.69. The maximum absolute atomic E-state index is 5.95. The first-order chi connectivity index (χ1) is 11.7. The van der Waals surface area contributed by atoms with E-state index in [2.05, 4.69) is 73.8 Å². The fourth-order valence-electron chi connectivity index (χ4n) is 2.55. The van der Waals surface area contributed by atoms with Gasteiger partial charge in [-0.15, -0.1) is 0 Å². The van der Waals surface area contributed by atoms with Gasteiger partial charge in [0.1, 0.15) is 12.4 Å². The molecule has 0 aliphatic carbocycles. The molecule has 0 amide bonds. The van der Waals surface area contributed by atoms with Gasteiger partial charge in [-0.2, -0.15) is 0 Å². The third-order valence-electron chi connectivity index (χ3n) is 4.10. The van der Waals surface area contributed by atoms with Crippen LogP contribution in [0.3, 0.4) is 0 Å². The zero-order valence-electron chi connectivity index (χ0n) is 14.3. The first-order valence-corrected chi connectivity index (χ1v) is 8.27. The van der Waals surface area contributed by atoms with Crippen LogP contribution in [-0.2, 0) is 13.2 Å². The number of benzene rings is 3. The molecule has 2 nitrogen and oxygen atoms in total. The first kappa shape index (κ1) is 16.1. The van der Waals surface area contributed by atoms with Crippen LogP contribution in [0.1, 0.15) is 22.3 Å². The van der Waals surface area contributed by atoms with Crippen molar-refractivity contribution >= 4 is 5.69 Å². The molecular weight excluding hydrogens is 294 g/mol. The van der Waals surface area contributed by atoms with E-state index in [1.165, 1.54) is 22.3 Å². The molecule has 0 aliphatic heterocycles. The molecule has 0 aliphatic rings. The highest BCUT2D eigenvalue weighted by Gasteiger charge is 2.01. The number of nitrogens with one attached hydrogen (secondary N) is 1. The molecule has 3 aromatic rings. The van der Waals surface area contributed by atoms with Gasteiger partial charge in [0.25, 0.3) is 0 Å². The Morgan fingerprint density at radius 1 is 0.833 bits per heavy atom. The van der Waals surface area contributed by atoms with E-state index in [0.29, 0.717) is 6.61 Å². The van der Waals surface area contributed by atoms with Crippen molar-refractivity contribution in [1.82, 2.24) is 0 Å². The Morgan fingerprint density at radius 3 is 2.42 bits per heavy atom. The molecule has 24 heavy (non-hydrogen) atoms. The summed E-state index contributed by atoms with van der Waals surface area (Å²) in [6, 6.07) is 25.0. The lowest BCUT2D eigenvalue weighted by Crippen LogP contribution is -2.01. The number of rotatable bonds is 6. The van der Waals surface area contributed by atoms with E-state index in [-0.39, 0.29) is 0 Å². The minimum Gasteiger partial charge on any atom is -0.489 e. The molecule has 0 saturated heterocycles. The summed E-state index contributed by atoms with van der Waals surface area (Å²) in [5, 5.41) is 3.44. The molecule has 122 valence electrons. The molecule has 2 heteroatoms. The van der Waals surface area contributed by atoms with Gasteiger partial charge in [-0.05, 0) is 54.8 Å². The predicted octanol–water partition coefficient (Wildman–Crippen LogP) is 5.49. The van der Waals surface area contributed by atoms with E-state index in [9.17, 15) is 0 Å². The number of hydrogen-bond donors (Lipinski definition) is 1. The van der Waals surface area contributed by atoms with Crippen molar-refractivity contribution in [3.05, 3.63) is 95.1 Å². The fourth-order valence-corrected chi connectivity index (χ4v) is 2.55. The number of ether oxygens (including phenoxy) is 1. The van der Waals surface area contributed by atoms with Gasteiger partial charge in [-0.25, -0.2) is 0 Å². The molecule has 0 unspecified atom stereocenters. The van der Waals surface area contributed by atoms with Gasteiger partial charge in [0, 0.05) is 12.2 Å². The lowest BCUT2D eigenvalue weighted by molar-refractivity contribution is 0.305.